The standard InChI is InChI=1S/C44H46O10/c1-46-35-24-36(47-2)39(37(25-35)48-3)33-21-14-22-34(23-33)43(45)54-41-40(51-27-31-17-10-6-11-18-31)38(29-50-26-30-15-8-5-9-16-30)53-44(49-4)42(41)52-28-32-19-12-7-13-20-32/h5-25,38,40-42,44H,26-29H2,1-4H3/t38-,40+,41+,42-,44-/m1/s1. The van der Waals surface area contributed by atoms with Gasteiger partial charge in [0.2, 0.25) is 0 Å². The molecule has 5 aromatic carbocycles. The zero-order chi connectivity index (χ0) is 37.7. The van der Waals surface area contributed by atoms with Crippen molar-refractivity contribution in [2.24, 2.45) is 0 Å². The first-order chi connectivity index (χ1) is 26.5. The Morgan fingerprint density at radius 3 is 1.69 bits per heavy atom. The monoisotopic (exact) mass is 734 g/mol. The van der Waals surface area contributed by atoms with Crippen molar-refractivity contribution in [1.82, 2.24) is 0 Å². The van der Waals surface area contributed by atoms with Crippen molar-refractivity contribution in [3.8, 4) is 28.4 Å². The molecule has 1 heterocycles. The highest BCUT2D eigenvalue weighted by atomic mass is 16.7. The summed E-state index contributed by atoms with van der Waals surface area (Å²) < 4.78 is 55.0. The van der Waals surface area contributed by atoms with Gasteiger partial charge in [0.05, 0.1) is 58.9 Å². The van der Waals surface area contributed by atoms with E-state index < -0.39 is 36.7 Å². The van der Waals surface area contributed by atoms with Crippen molar-refractivity contribution in [1.29, 1.82) is 0 Å². The van der Waals surface area contributed by atoms with E-state index in [0.717, 1.165) is 16.7 Å². The molecule has 1 saturated heterocycles. The average Bonchev–Trinajstić information content (AvgIpc) is 3.23. The molecule has 0 unspecified atom stereocenters. The Balaban J connectivity index is 1.33. The fourth-order valence-electron chi connectivity index (χ4n) is 6.40. The predicted molar refractivity (Wildman–Crippen MR) is 203 cm³/mol. The van der Waals surface area contributed by atoms with Crippen LogP contribution in [-0.4, -0.2) is 71.7 Å². The molecule has 5 aromatic rings. The van der Waals surface area contributed by atoms with Gasteiger partial charge in [-0.2, -0.15) is 0 Å². The lowest BCUT2D eigenvalue weighted by atomic mass is 9.97. The number of benzene rings is 5. The molecule has 0 amide bonds. The summed E-state index contributed by atoms with van der Waals surface area (Å²) in [5, 5.41) is 0. The molecule has 0 aliphatic carbocycles. The molecule has 282 valence electrons. The lowest BCUT2D eigenvalue weighted by Gasteiger charge is -2.45. The van der Waals surface area contributed by atoms with Crippen molar-refractivity contribution in [2.75, 3.05) is 35.0 Å². The summed E-state index contributed by atoms with van der Waals surface area (Å²) in [5.74, 6) is 1.02. The molecule has 0 radical (unpaired) electrons. The summed E-state index contributed by atoms with van der Waals surface area (Å²) in [6.07, 6.45) is -4.23. The minimum atomic E-state index is -0.970. The van der Waals surface area contributed by atoms with Crippen LogP contribution in [0.15, 0.2) is 127 Å². The van der Waals surface area contributed by atoms with Crippen molar-refractivity contribution in [3.63, 3.8) is 0 Å². The third kappa shape index (κ3) is 9.65. The van der Waals surface area contributed by atoms with Crippen molar-refractivity contribution in [2.45, 2.75) is 50.5 Å². The first kappa shape index (κ1) is 38.5. The Morgan fingerprint density at radius 2 is 1.15 bits per heavy atom. The number of rotatable bonds is 17. The topological polar surface area (TPSA) is 100 Å². The number of carbonyl (C=O) groups excluding carboxylic acids is 1. The van der Waals surface area contributed by atoms with Gasteiger partial charge < -0.3 is 42.6 Å². The van der Waals surface area contributed by atoms with Crippen LogP contribution >= 0.6 is 0 Å². The van der Waals surface area contributed by atoms with Gasteiger partial charge in [-0.25, -0.2) is 4.79 Å². The summed E-state index contributed by atoms with van der Waals surface area (Å²) >= 11 is 0. The third-order valence-corrected chi connectivity index (χ3v) is 9.13. The molecule has 1 fully saturated rings. The number of esters is 1. The molecule has 10 heteroatoms. The van der Waals surface area contributed by atoms with Crippen LogP contribution < -0.4 is 14.2 Å². The molecule has 5 atom stereocenters. The zero-order valence-corrected chi connectivity index (χ0v) is 30.9. The second-order valence-corrected chi connectivity index (χ2v) is 12.7. The molecule has 0 spiro atoms. The van der Waals surface area contributed by atoms with E-state index >= 15 is 0 Å². The van der Waals surface area contributed by atoms with Gasteiger partial charge >= 0.3 is 5.97 Å². The number of ether oxygens (including phenoxy) is 9. The van der Waals surface area contributed by atoms with Gasteiger partial charge in [0, 0.05) is 19.2 Å². The molecule has 0 N–H and O–H groups in total. The van der Waals surface area contributed by atoms with Gasteiger partial charge in [0.15, 0.2) is 12.4 Å². The largest absolute Gasteiger partial charge is 0.496 e. The van der Waals surface area contributed by atoms with Gasteiger partial charge in [0.25, 0.3) is 0 Å². The van der Waals surface area contributed by atoms with Crippen molar-refractivity contribution < 1.29 is 47.4 Å². The minimum absolute atomic E-state index is 0.139. The van der Waals surface area contributed by atoms with E-state index in [-0.39, 0.29) is 19.8 Å². The third-order valence-electron chi connectivity index (χ3n) is 9.13. The maximum atomic E-state index is 14.3. The van der Waals surface area contributed by atoms with Gasteiger partial charge in [-0.15, -0.1) is 0 Å². The normalized spacial score (nSPS) is 19.5. The smallest absolute Gasteiger partial charge is 0.338 e. The van der Waals surface area contributed by atoms with Crippen LogP contribution in [-0.2, 0) is 48.2 Å². The lowest BCUT2D eigenvalue weighted by molar-refractivity contribution is -0.314. The number of carbonyl (C=O) groups is 1. The van der Waals surface area contributed by atoms with Crippen LogP contribution in [0.4, 0.5) is 0 Å². The summed E-state index contributed by atoms with van der Waals surface area (Å²) in [4.78, 5) is 14.3. The van der Waals surface area contributed by atoms with E-state index in [9.17, 15) is 4.79 Å². The van der Waals surface area contributed by atoms with Crippen molar-refractivity contribution in [3.05, 3.63) is 150 Å². The molecule has 0 saturated carbocycles. The average molecular weight is 735 g/mol. The summed E-state index contributed by atoms with van der Waals surface area (Å²) in [7, 11) is 6.24. The molecule has 0 bridgehead atoms. The van der Waals surface area contributed by atoms with Crippen LogP contribution in [0.5, 0.6) is 17.2 Å². The SMILES string of the molecule is COc1cc(OC)c(-c2cccc(C(=O)O[C@H]3[C@@H](OCc4ccccc4)[C@@H](COCc4ccccc4)O[C@@H](OC)[C@@H]3OCc3ccccc3)c2)c(OC)c1. The summed E-state index contributed by atoms with van der Waals surface area (Å²) in [6.45, 7) is 0.942. The molecule has 1 aliphatic rings. The maximum absolute atomic E-state index is 14.3. The highest BCUT2D eigenvalue weighted by Crippen LogP contribution is 2.42. The number of hydrogen-bond acceptors (Lipinski definition) is 10. The molecule has 54 heavy (non-hydrogen) atoms. The van der Waals surface area contributed by atoms with E-state index in [4.69, 9.17) is 42.6 Å². The molecular formula is C44H46O10. The van der Waals surface area contributed by atoms with E-state index in [1.54, 1.807) is 51.7 Å². The minimum Gasteiger partial charge on any atom is -0.496 e. The Labute approximate surface area is 316 Å². The Kier molecular flexibility index (Phi) is 13.7. The van der Waals surface area contributed by atoms with Crippen LogP contribution in [0.1, 0.15) is 27.0 Å². The van der Waals surface area contributed by atoms with E-state index in [1.807, 2.05) is 97.1 Å². The van der Waals surface area contributed by atoms with E-state index in [1.165, 1.54) is 7.11 Å². The summed E-state index contributed by atoms with van der Waals surface area (Å²) in [5.41, 5.74) is 4.52. The molecule has 6 rings (SSSR count). The van der Waals surface area contributed by atoms with Crippen molar-refractivity contribution >= 4 is 5.97 Å². The van der Waals surface area contributed by atoms with E-state index in [2.05, 4.69) is 0 Å². The van der Waals surface area contributed by atoms with Crippen LogP contribution in [0.3, 0.4) is 0 Å². The fraction of sp³-hybridized carbons (Fsp3) is 0.295. The lowest BCUT2D eigenvalue weighted by Crippen LogP contribution is -2.62. The molecule has 0 aromatic heterocycles. The number of methoxy groups -OCH3 is 4. The van der Waals surface area contributed by atoms with Gasteiger partial charge in [-0.3, -0.25) is 0 Å². The Morgan fingerprint density at radius 1 is 0.593 bits per heavy atom. The van der Waals surface area contributed by atoms with E-state index in [0.29, 0.717) is 40.5 Å². The van der Waals surface area contributed by atoms with Gasteiger partial charge in [0.1, 0.15) is 35.6 Å². The second kappa shape index (κ2) is 19.2. The predicted octanol–water partition coefficient (Wildman–Crippen LogP) is 7.66. The zero-order valence-electron chi connectivity index (χ0n) is 30.9. The second-order valence-electron chi connectivity index (χ2n) is 12.7. The molecular weight excluding hydrogens is 688 g/mol. The highest BCUT2D eigenvalue weighted by molar-refractivity contribution is 5.92. The summed E-state index contributed by atoms with van der Waals surface area (Å²) in [6, 6.07) is 40.0. The maximum Gasteiger partial charge on any atom is 0.338 e. The molecule has 1 aliphatic heterocycles. The highest BCUT2D eigenvalue weighted by Gasteiger charge is 2.50. The first-order valence-electron chi connectivity index (χ1n) is 17.7. The Bertz CT molecular complexity index is 1880. The fourth-order valence-corrected chi connectivity index (χ4v) is 6.40. The first-order valence-corrected chi connectivity index (χ1v) is 17.7. The van der Waals surface area contributed by atoms with Crippen LogP contribution in [0, 0.1) is 0 Å². The Hall–Kier alpha value is -5.23. The van der Waals surface area contributed by atoms with Gasteiger partial charge in [-0.05, 0) is 34.4 Å². The molecule has 10 nitrogen and oxygen atoms in total. The van der Waals surface area contributed by atoms with Crippen LogP contribution in [0.2, 0.25) is 0 Å². The number of hydrogen-bond donors (Lipinski definition) is 0. The van der Waals surface area contributed by atoms with Crippen LogP contribution in [0.25, 0.3) is 11.1 Å². The quantitative estimate of drug-likeness (QED) is 0.0886. The van der Waals surface area contributed by atoms with Gasteiger partial charge in [-0.1, -0.05) is 103 Å².